The Morgan fingerprint density at radius 3 is 2.22 bits per heavy atom. The largest absolute Gasteiger partial charge is 0.497 e. The number of carbonyl (C=O) groups excluding carboxylic acids is 2. The molecule has 0 saturated carbocycles. The van der Waals surface area contributed by atoms with Crippen molar-refractivity contribution in [1.82, 2.24) is 9.47 Å². The summed E-state index contributed by atoms with van der Waals surface area (Å²) in [4.78, 5) is 46.7. The van der Waals surface area contributed by atoms with E-state index in [0.29, 0.717) is 29.2 Å². The van der Waals surface area contributed by atoms with E-state index in [-0.39, 0.29) is 48.2 Å². The molecule has 11 heteroatoms. The van der Waals surface area contributed by atoms with Crippen LogP contribution < -0.4 is 25.1 Å². The van der Waals surface area contributed by atoms with Crippen LogP contribution in [0.2, 0.25) is 18.6 Å². The lowest BCUT2D eigenvalue weighted by Crippen LogP contribution is -2.52. The number of aliphatic hydroxyl groups excluding tert-OH is 1. The first kappa shape index (κ1) is 37.8. The molecule has 3 heterocycles. The Morgan fingerprint density at radius 1 is 0.873 bits per heavy atom. The predicted molar refractivity (Wildman–Crippen MR) is 215 cm³/mol. The van der Waals surface area contributed by atoms with Gasteiger partial charge in [0.25, 0.3) is 11.5 Å². The lowest BCUT2D eigenvalue weighted by Gasteiger charge is -2.37. The molecule has 4 atom stereocenters. The molecule has 0 bridgehead atoms. The highest BCUT2D eigenvalue weighted by molar-refractivity contribution is 6.91. The van der Waals surface area contributed by atoms with Crippen LogP contribution in [-0.4, -0.2) is 67.9 Å². The van der Waals surface area contributed by atoms with E-state index in [0.717, 1.165) is 16.5 Å². The third-order valence-electron chi connectivity index (χ3n) is 11.5. The molecule has 0 radical (unpaired) electrons. The average molecular weight is 758 g/mol. The Hall–Kier alpha value is -5.49. The Labute approximate surface area is 322 Å². The smallest absolute Gasteiger partial charge is 0.297 e. The monoisotopic (exact) mass is 757 g/mol. The summed E-state index contributed by atoms with van der Waals surface area (Å²) in [5.41, 5.74) is 1.45. The number of aliphatic hydroxyl groups is 1. The van der Waals surface area contributed by atoms with Gasteiger partial charge < -0.3 is 24.2 Å². The molecule has 0 aliphatic carbocycles. The summed E-state index contributed by atoms with van der Waals surface area (Å²) in [6.45, 7) is 6.92. The third kappa shape index (κ3) is 6.66. The maximum atomic E-state index is 15.4. The number of ether oxygens (including phenoxy) is 3. The number of anilines is 2. The Kier molecular flexibility index (Phi) is 10.5. The van der Waals surface area contributed by atoms with Crippen LogP contribution in [0, 0.1) is 5.92 Å². The van der Waals surface area contributed by atoms with Crippen LogP contribution in [0.1, 0.15) is 24.5 Å². The Morgan fingerprint density at radius 2 is 1.56 bits per heavy atom. The number of aromatic nitrogens is 1. The number of fused-ring (bicyclic) bond motifs is 2. The zero-order chi connectivity index (χ0) is 38.9. The summed E-state index contributed by atoms with van der Waals surface area (Å²) in [5.74, 6) is 0.128. The second-order valence-corrected chi connectivity index (χ2v) is 19.5. The molecule has 4 aromatic carbocycles. The van der Waals surface area contributed by atoms with Gasteiger partial charge in [0.15, 0.2) is 11.4 Å². The minimum atomic E-state index is -2.59. The highest BCUT2D eigenvalue weighted by Gasteiger charge is 2.67. The molecule has 1 spiro atoms. The first-order chi connectivity index (χ1) is 26.5. The van der Waals surface area contributed by atoms with E-state index in [2.05, 4.69) is 32.2 Å². The van der Waals surface area contributed by atoms with E-state index in [1.165, 1.54) is 11.7 Å². The molecule has 1 aromatic heterocycles. The zero-order valence-electron chi connectivity index (χ0n) is 31.8. The number of pyridine rings is 1. The standard InChI is InChI=1S/C44H47N3O7Si/c1-30-41(55(4,5)35-21-19-34(52-2)20-22-35)39(28-40(49)45(25-26-48)29-31-13-8-6-9-14-31)54-44(30)36-27-33(46-24-12-17-38(53-3)42(46)50)18-23-37(36)47(43(44)51)32-15-10-7-11-16-32/h6-24,27,30,39,41,48H,25-26,28-29H2,1-5H3/t30-,39+,41-,44+/m0/s1. The number of rotatable bonds is 12. The van der Waals surface area contributed by atoms with E-state index in [1.54, 1.807) is 35.2 Å². The van der Waals surface area contributed by atoms with E-state index >= 15 is 4.79 Å². The molecule has 0 unspecified atom stereocenters. The number of hydrogen-bond donors (Lipinski definition) is 1. The molecule has 55 heavy (non-hydrogen) atoms. The van der Waals surface area contributed by atoms with E-state index < -0.39 is 25.7 Å². The van der Waals surface area contributed by atoms with Gasteiger partial charge in [0.2, 0.25) is 5.91 Å². The second-order valence-electron chi connectivity index (χ2n) is 14.8. The molecule has 1 N–H and O–H groups in total. The molecular weight excluding hydrogens is 711 g/mol. The highest BCUT2D eigenvalue weighted by Crippen LogP contribution is 2.61. The van der Waals surface area contributed by atoms with Gasteiger partial charge in [-0.15, -0.1) is 0 Å². The minimum Gasteiger partial charge on any atom is -0.497 e. The number of nitrogens with zero attached hydrogens (tertiary/aromatic N) is 3. The molecule has 284 valence electrons. The van der Waals surface area contributed by atoms with E-state index in [1.807, 2.05) is 91.0 Å². The fourth-order valence-corrected chi connectivity index (χ4v) is 12.8. The van der Waals surface area contributed by atoms with Gasteiger partial charge in [0, 0.05) is 42.1 Å². The van der Waals surface area contributed by atoms with Crippen molar-refractivity contribution in [3.05, 3.63) is 143 Å². The van der Waals surface area contributed by atoms with Crippen LogP contribution in [-0.2, 0) is 26.5 Å². The molecule has 2 amide bonds. The van der Waals surface area contributed by atoms with Crippen molar-refractivity contribution in [2.75, 3.05) is 32.3 Å². The van der Waals surface area contributed by atoms with Crippen molar-refractivity contribution in [2.45, 2.75) is 50.2 Å². The number of methoxy groups -OCH3 is 2. The highest BCUT2D eigenvalue weighted by atomic mass is 28.3. The maximum absolute atomic E-state index is 15.4. The second kappa shape index (κ2) is 15.3. The van der Waals surface area contributed by atoms with Gasteiger partial charge in [-0.3, -0.25) is 23.9 Å². The summed E-state index contributed by atoms with van der Waals surface area (Å²) in [7, 11) is 0.507. The van der Waals surface area contributed by atoms with Crippen molar-refractivity contribution in [1.29, 1.82) is 0 Å². The van der Waals surface area contributed by atoms with Gasteiger partial charge in [-0.25, -0.2) is 0 Å². The lowest BCUT2D eigenvalue weighted by molar-refractivity contribution is -0.149. The Balaban J connectivity index is 1.39. The minimum absolute atomic E-state index is 0.0131. The zero-order valence-corrected chi connectivity index (χ0v) is 32.8. The Bertz CT molecular complexity index is 2230. The van der Waals surface area contributed by atoms with Crippen LogP contribution in [0.4, 0.5) is 11.4 Å². The molecule has 2 aliphatic rings. The fourth-order valence-electron chi connectivity index (χ4n) is 8.76. The van der Waals surface area contributed by atoms with Gasteiger partial charge in [0.1, 0.15) is 5.75 Å². The lowest BCUT2D eigenvalue weighted by atomic mass is 9.82. The van der Waals surface area contributed by atoms with Crippen molar-refractivity contribution < 1.29 is 28.9 Å². The van der Waals surface area contributed by atoms with Crippen LogP contribution in [0.3, 0.4) is 0 Å². The molecule has 2 aliphatic heterocycles. The molecule has 7 rings (SSSR count). The first-order valence-electron chi connectivity index (χ1n) is 18.6. The summed E-state index contributed by atoms with van der Waals surface area (Å²) in [5, 5.41) is 11.2. The summed E-state index contributed by atoms with van der Waals surface area (Å²) >= 11 is 0. The van der Waals surface area contributed by atoms with E-state index in [4.69, 9.17) is 14.2 Å². The van der Waals surface area contributed by atoms with Crippen molar-refractivity contribution in [3.8, 4) is 17.2 Å². The van der Waals surface area contributed by atoms with Crippen LogP contribution >= 0.6 is 0 Å². The van der Waals surface area contributed by atoms with Gasteiger partial charge in [0.05, 0.1) is 47.1 Å². The van der Waals surface area contributed by atoms with E-state index in [9.17, 15) is 14.7 Å². The first-order valence-corrected chi connectivity index (χ1v) is 21.7. The SMILES string of the molecule is COc1ccc([Si](C)(C)[C@@H]2[C@@H](CC(=O)N(CCO)Cc3ccccc3)O[C@]3(C(=O)N(c4ccccc4)c4ccc(-n5cccc(OC)c5=O)cc43)[C@H]2C)cc1. The number of para-hydroxylation sites is 1. The molecule has 1 saturated heterocycles. The molecular formula is C44H47N3O7Si. The average Bonchev–Trinajstić information content (AvgIpc) is 3.64. The fraction of sp³-hybridized carbons (Fsp3) is 0.295. The topological polar surface area (TPSA) is 111 Å². The van der Waals surface area contributed by atoms with Crippen LogP contribution in [0.5, 0.6) is 11.5 Å². The quantitative estimate of drug-likeness (QED) is 0.152. The maximum Gasteiger partial charge on any atom is 0.297 e. The number of amides is 2. The number of benzene rings is 4. The van der Waals surface area contributed by atoms with Gasteiger partial charge in [-0.05, 0) is 65.7 Å². The molecule has 1 fully saturated rings. The van der Waals surface area contributed by atoms with Gasteiger partial charge in [-0.1, -0.05) is 85.9 Å². The van der Waals surface area contributed by atoms with Crippen LogP contribution in [0.25, 0.3) is 5.69 Å². The summed E-state index contributed by atoms with van der Waals surface area (Å²) < 4.78 is 19.6. The molecule has 5 aromatic rings. The van der Waals surface area contributed by atoms with Crippen molar-refractivity contribution in [2.24, 2.45) is 5.92 Å². The van der Waals surface area contributed by atoms with Gasteiger partial charge >= 0.3 is 0 Å². The summed E-state index contributed by atoms with van der Waals surface area (Å²) in [6.07, 6.45) is 1.04. The number of carbonyl (C=O) groups is 2. The predicted octanol–water partition coefficient (Wildman–Crippen LogP) is 6.16. The van der Waals surface area contributed by atoms with Crippen molar-refractivity contribution in [3.63, 3.8) is 0 Å². The number of hydrogen-bond acceptors (Lipinski definition) is 7. The summed E-state index contributed by atoms with van der Waals surface area (Å²) in [6, 6.07) is 36.2. The van der Waals surface area contributed by atoms with Crippen molar-refractivity contribution >= 4 is 36.4 Å². The third-order valence-corrected chi connectivity index (χ3v) is 15.8. The normalized spacial score (nSPS) is 20.4. The van der Waals surface area contributed by atoms with Crippen LogP contribution in [0.15, 0.2) is 126 Å². The molecule has 10 nitrogen and oxygen atoms in total. The van der Waals surface area contributed by atoms with Gasteiger partial charge in [-0.2, -0.15) is 0 Å².